The van der Waals surface area contributed by atoms with Crippen LogP contribution in [0.5, 0.6) is 0 Å². The molecule has 1 aliphatic carbocycles. The molecule has 0 saturated heterocycles. The third-order valence-corrected chi connectivity index (χ3v) is 3.11. The van der Waals surface area contributed by atoms with Gasteiger partial charge < -0.3 is 15.3 Å². The Morgan fingerprint density at radius 1 is 1.47 bits per heavy atom. The molecular weight excluding hydrogens is 220 g/mol. The molecule has 5 nitrogen and oxygen atoms in total. The minimum Gasteiger partial charge on any atom is -0.481 e. The van der Waals surface area contributed by atoms with Gasteiger partial charge in [-0.25, -0.2) is 4.79 Å². The van der Waals surface area contributed by atoms with E-state index in [4.69, 9.17) is 5.11 Å². The van der Waals surface area contributed by atoms with E-state index in [1.165, 1.54) is 12.8 Å². The number of carboxylic acids is 1. The van der Waals surface area contributed by atoms with Gasteiger partial charge in [0.25, 0.3) is 0 Å². The fourth-order valence-corrected chi connectivity index (χ4v) is 1.67. The van der Waals surface area contributed by atoms with Crippen molar-refractivity contribution in [1.29, 1.82) is 0 Å². The molecule has 0 aromatic heterocycles. The second-order valence-corrected chi connectivity index (χ2v) is 4.74. The number of carbonyl (C=O) groups is 2. The monoisotopic (exact) mass is 242 g/mol. The lowest BCUT2D eigenvalue weighted by atomic mass is 10.2. The van der Waals surface area contributed by atoms with Crippen LogP contribution in [0.25, 0.3) is 0 Å². The van der Waals surface area contributed by atoms with E-state index >= 15 is 0 Å². The van der Waals surface area contributed by atoms with Crippen molar-refractivity contribution < 1.29 is 14.7 Å². The molecule has 1 fully saturated rings. The van der Waals surface area contributed by atoms with Crippen LogP contribution < -0.4 is 5.32 Å². The van der Waals surface area contributed by atoms with Gasteiger partial charge in [-0.1, -0.05) is 19.8 Å². The molecule has 0 bridgehead atoms. The van der Waals surface area contributed by atoms with Crippen molar-refractivity contribution in [3.63, 3.8) is 0 Å². The van der Waals surface area contributed by atoms with E-state index in [0.29, 0.717) is 13.1 Å². The summed E-state index contributed by atoms with van der Waals surface area (Å²) in [6.45, 7) is 4.97. The van der Waals surface area contributed by atoms with Crippen LogP contribution in [0.4, 0.5) is 4.79 Å². The maximum Gasteiger partial charge on any atom is 0.317 e. The number of aliphatic carboxylic acids is 1. The van der Waals surface area contributed by atoms with Crippen LogP contribution in [0.15, 0.2) is 0 Å². The summed E-state index contributed by atoms with van der Waals surface area (Å²) in [5.74, 6) is -0.596. The van der Waals surface area contributed by atoms with E-state index in [9.17, 15) is 9.59 Å². The predicted molar refractivity (Wildman–Crippen MR) is 64.8 cm³/mol. The second kappa shape index (κ2) is 6.47. The third kappa shape index (κ3) is 5.06. The minimum atomic E-state index is -0.866. The van der Waals surface area contributed by atoms with Crippen molar-refractivity contribution in [2.24, 2.45) is 11.8 Å². The van der Waals surface area contributed by atoms with Crippen LogP contribution >= 0.6 is 0 Å². The van der Waals surface area contributed by atoms with Crippen molar-refractivity contribution in [2.45, 2.75) is 33.1 Å². The van der Waals surface area contributed by atoms with Gasteiger partial charge in [0.15, 0.2) is 0 Å². The van der Waals surface area contributed by atoms with Gasteiger partial charge in [0.1, 0.15) is 0 Å². The molecular formula is C12H22N2O3. The van der Waals surface area contributed by atoms with E-state index in [1.54, 1.807) is 11.8 Å². The molecule has 2 amide bonds. The molecule has 0 spiro atoms. The first-order chi connectivity index (χ1) is 8.04. The number of amides is 2. The van der Waals surface area contributed by atoms with Gasteiger partial charge in [-0.3, -0.25) is 4.79 Å². The third-order valence-electron chi connectivity index (χ3n) is 3.11. The Kier molecular flexibility index (Phi) is 5.25. The van der Waals surface area contributed by atoms with Gasteiger partial charge in [0.05, 0.1) is 5.92 Å². The smallest absolute Gasteiger partial charge is 0.317 e. The van der Waals surface area contributed by atoms with E-state index in [2.05, 4.69) is 5.32 Å². The molecule has 17 heavy (non-hydrogen) atoms. The molecule has 1 rings (SSSR count). The van der Waals surface area contributed by atoms with Crippen LogP contribution in [0.1, 0.15) is 33.1 Å². The highest BCUT2D eigenvalue weighted by molar-refractivity contribution is 5.75. The van der Waals surface area contributed by atoms with Gasteiger partial charge in [-0.05, 0) is 19.3 Å². The van der Waals surface area contributed by atoms with Crippen LogP contribution in [-0.2, 0) is 4.79 Å². The fourth-order valence-electron chi connectivity index (χ4n) is 1.67. The largest absolute Gasteiger partial charge is 0.481 e. The molecule has 0 aromatic carbocycles. The maximum absolute atomic E-state index is 11.8. The second-order valence-electron chi connectivity index (χ2n) is 4.74. The van der Waals surface area contributed by atoms with Gasteiger partial charge in [-0.15, -0.1) is 0 Å². The lowest BCUT2D eigenvalue weighted by Gasteiger charge is -2.23. The van der Waals surface area contributed by atoms with Crippen molar-refractivity contribution in [3.8, 4) is 0 Å². The van der Waals surface area contributed by atoms with Crippen molar-refractivity contribution in [2.75, 3.05) is 19.6 Å². The standard InChI is InChI=1S/C12H22N2O3/c1-3-14(8-9(2)11(15)16)12(17)13-7-6-10-4-5-10/h9-10H,3-8H2,1-2H3,(H,13,17)(H,15,16). The highest BCUT2D eigenvalue weighted by atomic mass is 16.4. The van der Waals surface area contributed by atoms with Crippen LogP contribution in [-0.4, -0.2) is 41.6 Å². The van der Waals surface area contributed by atoms with Crippen LogP contribution in [0.2, 0.25) is 0 Å². The number of nitrogens with zero attached hydrogens (tertiary/aromatic N) is 1. The Bertz CT molecular complexity index is 277. The fraction of sp³-hybridized carbons (Fsp3) is 0.833. The average molecular weight is 242 g/mol. The first kappa shape index (κ1) is 13.8. The van der Waals surface area contributed by atoms with E-state index in [0.717, 1.165) is 12.3 Å². The highest BCUT2D eigenvalue weighted by Gasteiger charge is 2.22. The molecule has 2 N–H and O–H groups in total. The summed E-state index contributed by atoms with van der Waals surface area (Å²) in [5.41, 5.74) is 0. The summed E-state index contributed by atoms with van der Waals surface area (Å²) >= 11 is 0. The zero-order chi connectivity index (χ0) is 12.8. The number of rotatable bonds is 7. The number of carbonyl (C=O) groups excluding carboxylic acids is 1. The number of nitrogens with one attached hydrogen (secondary N) is 1. The zero-order valence-electron chi connectivity index (χ0n) is 10.6. The molecule has 1 aliphatic rings. The summed E-state index contributed by atoms with van der Waals surface area (Å²) in [6.07, 6.45) is 3.60. The lowest BCUT2D eigenvalue weighted by Crippen LogP contribution is -2.43. The molecule has 0 aromatic rings. The molecule has 0 radical (unpaired) electrons. The Labute approximate surface area is 102 Å². The SMILES string of the molecule is CCN(CC(C)C(=O)O)C(=O)NCCC1CC1. The quantitative estimate of drug-likeness (QED) is 0.711. The molecule has 98 valence electrons. The first-order valence-corrected chi connectivity index (χ1v) is 6.30. The Hall–Kier alpha value is -1.26. The molecule has 1 unspecified atom stereocenters. The number of hydrogen-bond donors (Lipinski definition) is 2. The molecule has 0 aliphatic heterocycles. The minimum absolute atomic E-state index is 0.152. The summed E-state index contributed by atoms with van der Waals surface area (Å²) < 4.78 is 0. The Morgan fingerprint density at radius 3 is 2.59 bits per heavy atom. The van der Waals surface area contributed by atoms with E-state index in [-0.39, 0.29) is 12.6 Å². The lowest BCUT2D eigenvalue weighted by molar-refractivity contribution is -0.141. The van der Waals surface area contributed by atoms with Crippen LogP contribution in [0.3, 0.4) is 0 Å². The zero-order valence-corrected chi connectivity index (χ0v) is 10.6. The summed E-state index contributed by atoms with van der Waals surface area (Å²) in [7, 11) is 0. The van der Waals surface area contributed by atoms with E-state index < -0.39 is 11.9 Å². The molecule has 1 saturated carbocycles. The summed E-state index contributed by atoms with van der Waals surface area (Å²) in [6, 6.07) is -0.152. The van der Waals surface area contributed by atoms with Gasteiger partial charge >= 0.3 is 12.0 Å². The predicted octanol–water partition coefficient (Wildman–Crippen LogP) is 1.54. The van der Waals surface area contributed by atoms with Crippen LogP contribution in [0, 0.1) is 11.8 Å². The average Bonchev–Trinajstić information content (AvgIpc) is 3.09. The summed E-state index contributed by atoms with van der Waals surface area (Å²) in [4.78, 5) is 24.0. The van der Waals surface area contributed by atoms with Gasteiger partial charge in [0.2, 0.25) is 0 Å². The first-order valence-electron chi connectivity index (χ1n) is 6.30. The Balaban J connectivity index is 2.26. The molecule has 1 atom stereocenters. The number of hydrogen-bond acceptors (Lipinski definition) is 2. The Morgan fingerprint density at radius 2 is 2.12 bits per heavy atom. The topological polar surface area (TPSA) is 69.6 Å². The maximum atomic E-state index is 11.8. The van der Waals surface area contributed by atoms with Gasteiger partial charge in [-0.2, -0.15) is 0 Å². The van der Waals surface area contributed by atoms with Crippen molar-refractivity contribution in [3.05, 3.63) is 0 Å². The van der Waals surface area contributed by atoms with Crippen molar-refractivity contribution >= 4 is 12.0 Å². The normalized spacial score (nSPS) is 16.4. The molecule has 5 heteroatoms. The van der Waals surface area contributed by atoms with Crippen molar-refractivity contribution in [1.82, 2.24) is 10.2 Å². The van der Waals surface area contributed by atoms with Gasteiger partial charge in [0, 0.05) is 19.6 Å². The summed E-state index contributed by atoms with van der Waals surface area (Å²) in [5, 5.41) is 11.7. The van der Waals surface area contributed by atoms with E-state index in [1.807, 2.05) is 6.92 Å². The molecule has 0 heterocycles. The number of carboxylic acid groups (broad SMARTS) is 1. The highest BCUT2D eigenvalue weighted by Crippen LogP contribution is 2.31. The number of urea groups is 1.